The Balaban J connectivity index is 1.86. The van der Waals surface area contributed by atoms with Crippen LogP contribution in [0.4, 0.5) is 5.82 Å². The van der Waals surface area contributed by atoms with Crippen LogP contribution in [0.3, 0.4) is 0 Å². The van der Waals surface area contributed by atoms with Crippen molar-refractivity contribution in [3.8, 4) is 11.5 Å². The summed E-state index contributed by atoms with van der Waals surface area (Å²) in [6.45, 7) is 7.03. The lowest BCUT2D eigenvalue weighted by Gasteiger charge is -2.28. The summed E-state index contributed by atoms with van der Waals surface area (Å²) in [6, 6.07) is 5.68. The molecule has 3 rings (SSSR count). The lowest BCUT2D eigenvalue weighted by atomic mass is 10.0. The molecule has 2 aromatic rings. The van der Waals surface area contributed by atoms with Crippen molar-refractivity contribution in [1.82, 2.24) is 19.9 Å². The van der Waals surface area contributed by atoms with E-state index in [1.54, 1.807) is 13.1 Å². The minimum atomic E-state index is 0.0693. The second-order valence-electron chi connectivity index (χ2n) is 6.20. The molecule has 7 heteroatoms. The molecule has 7 nitrogen and oxygen atoms in total. The Hall–Kier alpha value is -2.54. The van der Waals surface area contributed by atoms with Crippen LogP contribution in [0.1, 0.15) is 31.5 Å². The van der Waals surface area contributed by atoms with Gasteiger partial charge in [0, 0.05) is 45.0 Å². The average molecular weight is 355 g/mol. The third-order valence-corrected chi connectivity index (χ3v) is 4.37. The number of carbonyl (C=O) groups excluding carboxylic acids is 1. The fourth-order valence-electron chi connectivity index (χ4n) is 2.98. The van der Waals surface area contributed by atoms with Crippen LogP contribution in [0, 0.1) is 0 Å². The van der Waals surface area contributed by atoms with Crippen LogP contribution in [-0.4, -0.2) is 52.1 Å². The van der Waals surface area contributed by atoms with Crippen molar-refractivity contribution in [2.24, 2.45) is 0 Å². The monoisotopic (exact) mass is 355 g/mol. The number of aromatic nitrogens is 3. The van der Waals surface area contributed by atoms with Gasteiger partial charge in [0.15, 0.2) is 5.82 Å². The molecule has 3 heterocycles. The van der Waals surface area contributed by atoms with Crippen molar-refractivity contribution in [2.45, 2.75) is 33.2 Å². The van der Waals surface area contributed by atoms with E-state index in [0.29, 0.717) is 18.9 Å². The maximum atomic E-state index is 11.8. The fourth-order valence-corrected chi connectivity index (χ4v) is 2.98. The van der Waals surface area contributed by atoms with Crippen molar-refractivity contribution < 1.29 is 9.53 Å². The summed E-state index contributed by atoms with van der Waals surface area (Å²) < 4.78 is 5.39. The third-order valence-electron chi connectivity index (χ3n) is 4.37. The zero-order valence-corrected chi connectivity index (χ0v) is 15.4. The van der Waals surface area contributed by atoms with E-state index >= 15 is 0 Å². The van der Waals surface area contributed by atoms with Gasteiger partial charge < -0.3 is 15.0 Å². The van der Waals surface area contributed by atoms with E-state index in [4.69, 9.17) is 14.7 Å². The number of anilines is 1. The quantitative estimate of drug-likeness (QED) is 0.768. The Morgan fingerprint density at radius 1 is 1.35 bits per heavy atom. The number of fused-ring (bicyclic) bond motifs is 1. The smallest absolute Gasteiger partial charge is 0.219 e. The highest BCUT2D eigenvalue weighted by molar-refractivity contribution is 5.74. The molecule has 1 amide bonds. The number of ether oxygens (including phenoxy) is 1. The van der Waals surface area contributed by atoms with Gasteiger partial charge in [0.1, 0.15) is 11.5 Å². The number of hydrogen-bond acceptors (Lipinski definition) is 6. The Morgan fingerprint density at radius 3 is 2.96 bits per heavy atom. The molecule has 0 unspecified atom stereocenters. The van der Waals surface area contributed by atoms with Crippen LogP contribution in [0.15, 0.2) is 24.4 Å². The van der Waals surface area contributed by atoms with Crippen LogP contribution in [-0.2, 0) is 22.5 Å². The number of amides is 1. The van der Waals surface area contributed by atoms with Gasteiger partial charge in [0.2, 0.25) is 5.91 Å². The first-order valence-electron chi connectivity index (χ1n) is 9.07. The number of carbonyl (C=O) groups is 1. The Morgan fingerprint density at radius 2 is 2.23 bits per heavy atom. The second kappa shape index (κ2) is 8.71. The summed E-state index contributed by atoms with van der Waals surface area (Å²) in [7, 11) is 0. The molecule has 0 fully saturated rings. The van der Waals surface area contributed by atoms with Crippen molar-refractivity contribution in [1.29, 1.82) is 0 Å². The maximum Gasteiger partial charge on any atom is 0.219 e. The number of pyridine rings is 1. The minimum Gasteiger partial charge on any atom is -0.382 e. The number of hydrogen-bond donors (Lipinski definition) is 1. The molecule has 138 valence electrons. The predicted molar refractivity (Wildman–Crippen MR) is 99.7 cm³/mol. The molecule has 0 aromatic carbocycles. The zero-order chi connectivity index (χ0) is 18.4. The molecule has 2 aromatic heterocycles. The van der Waals surface area contributed by atoms with Crippen LogP contribution >= 0.6 is 0 Å². The lowest BCUT2D eigenvalue weighted by Crippen LogP contribution is -2.35. The molecule has 0 radical (unpaired) electrons. The Labute approximate surface area is 153 Å². The Kier molecular flexibility index (Phi) is 6.12. The first-order valence-corrected chi connectivity index (χ1v) is 9.07. The summed E-state index contributed by atoms with van der Waals surface area (Å²) in [5.74, 6) is 1.50. The minimum absolute atomic E-state index is 0.0693. The topological polar surface area (TPSA) is 80.2 Å². The lowest BCUT2D eigenvalue weighted by molar-refractivity contribution is -0.129. The first-order chi connectivity index (χ1) is 12.7. The molecule has 1 N–H and O–H groups in total. The van der Waals surface area contributed by atoms with Gasteiger partial charge in [0.05, 0.1) is 12.2 Å². The van der Waals surface area contributed by atoms with Crippen LogP contribution in [0.5, 0.6) is 0 Å². The Bertz CT molecular complexity index is 751. The summed E-state index contributed by atoms with van der Waals surface area (Å²) in [5, 5.41) is 3.42. The second-order valence-corrected chi connectivity index (χ2v) is 6.20. The van der Waals surface area contributed by atoms with E-state index in [2.05, 4.69) is 10.3 Å². The molecule has 0 saturated carbocycles. The third kappa shape index (κ3) is 4.35. The van der Waals surface area contributed by atoms with Crippen LogP contribution in [0.25, 0.3) is 11.5 Å². The summed E-state index contributed by atoms with van der Waals surface area (Å²) in [4.78, 5) is 27.4. The number of nitrogens with one attached hydrogen (secondary N) is 1. The van der Waals surface area contributed by atoms with E-state index in [1.165, 1.54) is 0 Å². The SMILES string of the molecule is CCOCCCNc1nc(-c2ccccn2)nc2c1CCN(C(C)=O)C2. The van der Waals surface area contributed by atoms with Gasteiger partial charge in [-0.05, 0) is 31.9 Å². The van der Waals surface area contributed by atoms with E-state index < -0.39 is 0 Å². The highest BCUT2D eigenvalue weighted by Crippen LogP contribution is 2.26. The summed E-state index contributed by atoms with van der Waals surface area (Å²) >= 11 is 0. The maximum absolute atomic E-state index is 11.8. The highest BCUT2D eigenvalue weighted by atomic mass is 16.5. The van der Waals surface area contributed by atoms with Crippen LogP contribution < -0.4 is 5.32 Å². The van der Waals surface area contributed by atoms with Gasteiger partial charge in [-0.15, -0.1) is 0 Å². The van der Waals surface area contributed by atoms with E-state index in [0.717, 1.165) is 55.4 Å². The number of nitrogens with zero attached hydrogens (tertiary/aromatic N) is 4. The fraction of sp³-hybridized carbons (Fsp3) is 0.474. The predicted octanol–water partition coefficient (Wildman–Crippen LogP) is 2.28. The highest BCUT2D eigenvalue weighted by Gasteiger charge is 2.24. The largest absolute Gasteiger partial charge is 0.382 e. The molecule has 1 aliphatic heterocycles. The van der Waals surface area contributed by atoms with Gasteiger partial charge in [-0.3, -0.25) is 9.78 Å². The molecule has 0 atom stereocenters. The van der Waals surface area contributed by atoms with E-state index in [-0.39, 0.29) is 5.91 Å². The van der Waals surface area contributed by atoms with Gasteiger partial charge in [-0.2, -0.15) is 0 Å². The standard InChI is InChI=1S/C19H25N5O2/c1-3-26-12-6-10-21-18-15-8-11-24(14(2)25)13-17(15)22-19(23-18)16-7-4-5-9-20-16/h4-5,7,9H,3,6,8,10-13H2,1-2H3,(H,21,22,23). The van der Waals surface area contributed by atoms with E-state index in [9.17, 15) is 4.79 Å². The van der Waals surface area contributed by atoms with Gasteiger partial charge in [-0.25, -0.2) is 9.97 Å². The molecular formula is C19H25N5O2. The molecular weight excluding hydrogens is 330 g/mol. The van der Waals surface area contributed by atoms with Gasteiger partial charge >= 0.3 is 0 Å². The van der Waals surface area contributed by atoms with Gasteiger partial charge in [0.25, 0.3) is 0 Å². The van der Waals surface area contributed by atoms with Gasteiger partial charge in [-0.1, -0.05) is 6.07 Å². The molecule has 0 saturated heterocycles. The van der Waals surface area contributed by atoms with Crippen molar-refractivity contribution in [2.75, 3.05) is 31.6 Å². The molecule has 0 bridgehead atoms. The first kappa shape index (κ1) is 18.3. The molecule has 0 aliphatic carbocycles. The summed E-state index contributed by atoms with van der Waals surface area (Å²) in [5.41, 5.74) is 2.72. The number of rotatable bonds is 7. The molecule has 0 spiro atoms. The average Bonchev–Trinajstić information content (AvgIpc) is 2.67. The van der Waals surface area contributed by atoms with Crippen molar-refractivity contribution in [3.05, 3.63) is 35.7 Å². The van der Waals surface area contributed by atoms with Crippen molar-refractivity contribution in [3.63, 3.8) is 0 Å². The van der Waals surface area contributed by atoms with E-state index in [1.807, 2.05) is 30.0 Å². The molecule has 1 aliphatic rings. The summed E-state index contributed by atoms with van der Waals surface area (Å²) in [6.07, 6.45) is 3.39. The molecule has 26 heavy (non-hydrogen) atoms. The zero-order valence-electron chi connectivity index (χ0n) is 15.4. The van der Waals surface area contributed by atoms with Crippen LogP contribution in [0.2, 0.25) is 0 Å². The normalized spacial score (nSPS) is 13.4. The van der Waals surface area contributed by atoms with Crippen molar-refractivity contribution >= 4 is 11.7 Å².